The van der Waals surface area contributed by atoms with E-state index in [1.165, 1.54) is 5.56 Å². The van der Waals surface area contributed by atoms with Crippen LogP contribution in [-0.2, 0) is 0 Å². The van der Waals surface area contributed by atoms with E-state index < -0.39 is 0 Å². The molecule has 0 radical (unpaired) electrons. The summed E-state index contributed by atoms with van der Waals surface area (Å²) < 4.78 is 11.8. The number of hydrogen-bond acceptors (Lipinski definition) is 4. The summed E-state index contributed by atoms with van der Waals surface area (Å²) in [6.45, 7) is 0.568. The summed E-state index contributed by atoms with van der Waals surface area (Å²) >= 11 is 1.70. The van der Waals surface area contributed by atoms with Gasteiger partial charge in [0.15, 0.2) is 17.6 Å². The number of thiophene rings is 1. The molecule has 3 nitrogen and oxygen atoms in total. The zero-order chi connectivity index (χ0) is 12.4. The Morgan fingerprint density at radius 1 is 1.28 bits per heavy atom. The maximum atomic E-state index is 6.03. The SMILES string of the molecule is CNC(c1ccsc1)C1COc2ccccc2O1. The Morgan fingerprint density at radius 2 is 2.11 bits per heavy atom. The lowest BCUT2D eigenvalue weighted by Gasteiger charge is -2.31. The van der Waals surface area contributed by atoms with Crippen LogP contribution >= 0.6 is 11.3 Å². The minimum absolute atomic E-state index is 0.000463. The van der Waals surface area contributed by atoms with E-state index in [4.69, 9.17) is 9.47 Å². The summed E-state index contributed by atoms with van der Waals surface area (Å²) in [4.78, 5) is 0. The number of rotatable bonds is 3. The first kappa shape index (κ1) is 11.6. The van der Waals surface area contributed by atoms with Gasteiger partial charge in [-0.25, -0.2) is 0 Å². The summed E-state index contributed by atoms with van der Waals surface area (Å²) in [5.74, 6) is 1.65. The van der Waals surface area contributed by atoms with E-state index in [9.17, 15) is 0 Å². The summed E-state index contributed by atoms with van der Waals surface area (Å²) in [6, 6.07) is 10.1. The van der Waals surface area contributed by atoms with Crippen LogP contribution in [0.5, 0.6) is 11.5 Å². The van der Waals surface area contributed by atoms with Gasteiger partial charge in [0.05, 0.1) is 6.04 Å². The van der Waals surface area contributed by atoms with Crippen LogP contribution in [0.25, 0.3) is 0 Å². The van der Waals surface area contributed by atoms with Crippen LogP contribution in [0.4, 0.5) is 0 Å². The predicted molar refractivity (Wildman–Crippen MR) is 72.5 cm³/mol. The highest BCUT2D eigenvalue weighted by atomic mass is 32.1. The lowest BCUT2D eigenvalue weighted by atomic mass is 10.0. The Labute approximate surface area is 110 Å². The maximum absolute atomic E-state index is 6.03. The second kappa shape index (κ2) is 5.00. The van der Waals surface area contributed by atoms with Crippen molar-refractivity contribution in [1.29, 1.82) is 0 Å². The molecule has 2 aromatic rings. The smallest absolute Gasteiger partial charge is 0.161 e. The lowest BCUT2D eigenvalue weighted by molar-refractivity contribution is 0.0639. The molecule has 1 aromatic heterocycles. The fourth-order valence-corrected chi connectivity index (χ4v) is 2.92. The molecule has 1 N–H and O–H groups in total. The third kappa shape index (κ3) is 2.09. The van der Waals surface area contributed by atoms with Crippen molar-refractivity contribution in [1.82, 2.24) is 5.32 Å². The highest BCUT2D eigenvalue weighted by Gasteiger charge is 2.29. The Kier molecular flexibility index (Phi) is 3.21. The zero-order valence-corrected chi connectivity index (χ0v) is 10.9. The van der Waals surface area contributed by atoms with E-state index in [0.29, 0.717) is 6.61 Å². The molecule has 18 heavy (non-hydrogen) atoms. The molecule has 0 aliphatic carbocycles. The first-order valence-corrected chi connectivity index (χ1v) is 6.90. The molecule has 94 valence electrons. The number of hydrogen-bond donors (Lipinski definition) is 1. The van der Waals surface area contributed by atoms with Gasteiger partial charge < -0.3 is 14.8 Å². The van der Waals surface area contributed by atoms with E-state index in [-0.39, 0.29) is 12.1 Å². The van der Waals surface area contributed by atoms with Crippen molar-refractivity contribution < 1.29 is 9.47 Å². The molecule has 0 bridgehead atoms. The number of likely N-dealkylation sites (N-methyl/N-ethyl adjacent to an activating group) is 1. The average molecular weight is 261 g/mol. The molecule has 2 unspecified atom stereocenters. The van der Waals surface area contributed by atoms with Gasteiger partial charge in [0.25, 0.3) is 0 Å². The van der Waals surface area contributed by atoms with E-state index >= 15 is 0 Å². The third-order valence-electron chi connectivity index (χ3n) is 3.12. The number of benzene rings is 1. The molecule has 0 amide bonds. The van der Waals surface area contributed by atoms with Crippen LogP contribution in [0.3, 0.4) is 0 Å². The standard InChI is InChI=1S/C14H15NO2S/c1-15-14(10-6-7-18-9-10)13-8-16-11-4-2-3-5-12(11)17-13/h2-7,9,13-15H,8H2,1H3. The Morgan fingerprint density at radius 3 is 2.83 bits per heavy atom. The van der Waals surface area contributed by atoms with Gasteiger partial charge in [-0.15, -0.1) is 0 Å². The summed E-state index contributed by atoms with van der Waals surface area (Å²) in [5.41, 5.74) is 1.25. The Bertz CT molecular complexity index is 512. The van der Waals surface area contributed by atoms with Crippen molar-refractivity contribution in [3.8, 4) is 11.5 Å². The van der Waals surface area contributed by atoms with Gasteiger partial charge in [0.2, 0.25) is 0 Å². The maximum Gasteiger partial charge on any atom is 0.161 e. The minimum Gasteiger partial charge on any atom is -0.486 e. The van der Waals surface area contributed by atoms with Crippen LogP contribution in [0, 0.1) is 0 Å². The van der Waals surface area contributed by atoms with Crippen molar-refractivity contribution in [2.45, 2.75) is 12.1 Å². The number of fused-ring (bicyclic) bond motifs is 1. The molecule has 1 aliphatic heterocycles. The zero-order valence-electron chi connectivity index (χ0n) is 10.1. The van der Waals surface area contributed by atoms with Gasteiger partial charge in [0, 0.05) is 0 Å². The quantitative estimate of drug-likeness (QED) is 0.921. The van der Waals surface area contributed by atoms with Crippen LogP contribution < -0.4 is 14.8 Å². The number of para-hydroxylation sites is 2. The van der Waals surface area contributed by atoms with Gasteiger partial charge >= 0.3 is 0 Å². The van der Waals surface area contributed by atoms with E-state index in [1.807, 2.05) is 31.3 Å². The second-order valence-electron chi connectivity index (χ2n) is 4.24. The Balaban J connectivity index is 1.82. The summed E-state index contributed by atoms with van der Waals surface area (Å²) in [5, 5.41) is 7.53. The molecule has 0 spiro atoms. The monoisotopic (exact) mass is 261 g/mol. The van der Waals surface area contributed by atoms with Gasteiger partial charge in [-0.1, -0.05) is 12.1 Å². The van der Waals surface area contributed by atoms with E-state index in [1.54, 1.807) is 11.3 Å². The van der Waals surface area contributed by atoms with E-state index in [0.717, 1.165) is 11.5 Å². The first-order chi connectivity index (χ1) is 8.88. The molecule has 1 aliphatic rings. The fourth-order valence-electron chi connectivity index (χ4n) is 2.22. The molecule has 2 heterocycles. The number of nitrogens with one attached hydrogen (secondary N) is 1. The summed E-state index contributed by atoms with van der Waals surface area (Å²) in [7, 11) is 1.95. The topological polar surface area (TPSA) is 30.5 Å². The van der Waals surface area contributed by atoms with Crippen molar-refractivity contribution in [3.63, 3.8) is 0 Å². The highest BCUT2D eigenvalue weighted by molar-refractivity contribution is 7.07. The first-order valence-electron chi connectivity index (χ1n) is 5.96. The van der Waals surface area contributed by atoms with Gasteiger partial charge in [-0.3, -0.25) is 0 Å². The van der Waals surface area contributed by atoms with Crippen LogP contribution in [0.15, 0.2) is 41.1 Å². The minimum atomic E-state index is -0.000463. The van der Waals surface area contributed by atoms with Crippen molar-refractivity contribution in [2.75, 3.05) is 13.7 Å². The molecule has 0 saturated carbocycles. The molecular formula is C14H15NO2S. The van der Waals surface area contributed by atoms with Gasteiger partial charge in [0.1, 0.15) is 6.61 Å². The molecule has 0 fully saturated rings. The van der Waals surface area contributed by atoms with E-state index in [2.05, 4.69) is 22.1 Å². The third-order valence-corrected chi connectivity index (χ3v) is 3.82. The fraction of sp³-hybridized carbons (Fsp3) is 0.286. The van der Waals surface area contributed by atoms with Gasteiger partial charge in [-0.2, -0.15) is 11.3 Å². The lowest BCUT2D eigenvalue weighted by Crippen LogP contribution is -2.40. The average Bonchev–Trinajstić information content (AvgIpc) is 2.93. The molecular weight excluding hydrogens is 246 g/mol. The highest BCUT2D eigenvalue weighted by Crippen LogP contribution is 2.34. The largest absolute Gasteiger partial charge is 0.486 e. The van der Waals surface area contributed by atoms with Gasteiger partial charge in [-0.05, 0) is 41.6 Å². The van der Waals surface area contributed by atoms with Crippen LogP contribution in [-0.4, -0.2) is 19.8 Å². The molecule has 1 aromatic carbocycles. The van der Waals surface area contributed by atoms with Crippen LogP contribution in [0.1, 0.15) is 11.6 Å². The van der Waals surface area contributed by atoms with Crippen molar-refractivity contribution >= 4 is 11.3 Å². The normalized spacial score (nSPS) is 19.5. The second-order valence-corrected chi connectivity index (χ2v) is 5.02. The Hall–Kier alpha value is -1.52. The molecule has 3 rings (SSSR count). The van der Waals surface area contributed by atoms with Crippen molar-refractivity contribution in [3.05, 3.63) is 46.7 Å². The summed E-state index contributed by atoms with van der Waals surface area (Å²) in [6.07, 6.45) is -0.000463. The molecule has 4 heteroatoms. The molecule has 2 atom stereocenters. The predicted octanol–water partition coefficient (Wildman–Crippen LogP) is 2.85. The van der Waals surface area contributed by atoms with Crippen molar-refractivity contribution in [2.24, 2.45) is 0 Å². The molecule has 0 saturated heterocycles. The number of ether oxygens (including phenoxy) is 2. The van der Waals surface area contributed by atoms with Crippen LogP contribution in [0.2, 0.25) is 0 Å².